The van der Waals surface area contributed by atoms with Crippen LogP contribution in [0.15, 0.2) is 41.0 Å². The van der Waals surface area contributed by atoms with Crippen LogP contribution in [0.4, 0.5) is 0 Å². The molecule has 0 saturated carbocycles. The molecule has 150 valence electrons. The molecule has 0 aromatic heterocycles. The van der Waals surface area contributed by atoms with Crippen LogP contribution in [0.2, 0.25) is 0 Å². The summed E-state index contributed by atoms with van der Waals surface area (Å²) in [4.78, 5) is 0. The Balaban J connectivity index is 2.07. The van der Waals surface area contributed by atoms with Crippen LogP contribution in [0.3, 0.4) is 0 Å². The van der Waals surface area contributed by atoms with Crippen molar-refractivity contribution in [2.24, 2.45) is 0 Å². The SMILES string of the molecule is CCCCCCC1=[C]([Zr][C]2=C(CCCCCC)C(CC)=CC2)CC=C1CC. The van der Waals surface area contributed by atoms with Crippen molar-refractivity contribution in [3.8, 4) is 0 Å². The van der Waals surface area contributed by atoms with Gasteiger partial charge in [0.15, 0.2) is 0 Å². The average molecular weight is 446 g/mol. The van der Waals surface area contributed by atoms with Crippen LogP contribution in [0, 0.1) is 0 Å². The molecule has 2 aliphatic rings. The molecular formula is C26H42Zr. The van der Waals surface area contributed by atoms with E-state index >= 15 is 0 Å². The van der Waals surface area contributed by atoms with Crippen LogP contribution in [0.1, 0.15) is 118 Å². The second-order valence-corrected chi connectivity index (χ2v) is 11.8. The summed E-state index contributed by atoms with van der Waals surface area (Å²) in [7, 11) is 0. The summed E-state index contributed by atoms with van der Waals surface area (Å²) in [5.74, 6) is 0. The second-order valence-electron chi connectivity index (χ2n) is 8.23. The number of unbranched alkanes of at least 4 members (excludes halogenated alkanes) is 6. The summed E-state index contributed by atoms with van der Waals surface area (Å²) < 4.78 is 3.86. The van der Waals surface area contributed by atoms with Gasteiger partial charge in [-0.05, 0) is 0 Å². The van der Waals surface area contributed by atoms with Crippen molar-refractivity contribution < 1.29 is 23.2 Å². The molecule has 0 unspecified atom stereocenters. The Labute approximate surface area is 181 Å². The van der Waals surface area contributed by atoms with E-state index in [9.17, 15) is 0 Å². The van der Waals surface area contributed by atoms with Gasteiger partial charge in [0, 0.05) is 0 Å². The maximum atomic E-state index is 2.58. The van der Waals surface area contributed by atoms with Gasteiger partial charge in [-0.25, -0.2) is 0 Å². The van der Waals surface area contributed by atoms with Crippen molar-refractivity contribution in [2.45, 2.75) is 118 Å². The fraction of sp³-hybridized carbons (Fsp3) is 0.692. The van der Waals surface area contributed by atoms with Gasteiger partial charge in [-0.3, -0.25) is 0 Å². The first-order valence-electron chi connectivity index (χ1n) is 11.8. The second kappa shape index (κ2) is 13.1. The summed E-state index contributed by atoms with van der Waals surface area (Å²) in [5.41, 5.74) is 7.05. The van der Waals surface area contributed by atoms with Crippen molar-refractivity contribution in [1.29, 1.82) is 0 Å². The monoisotopic (exact) mass is 444 g/mol. The molecule has 0 radical (unpaired) electrons. The summed E-state index contributed by atoms with van der Waals surface area (Å²) in [6.07, 6.45) is 24.1. The molecule has 0 spiro atoms. The van der Waals surface area contributed by atoms with Gasteiger partial charge in [0.1, 0.15) is 0 Å². The predicted octanol–water partition coefficient (Wildman–Crippen LogP) is 9.00. The molecule has 0 fully saturated rings. The average Bonchev–Trinajstić information content (AvgIpc) is 3.26. The van der Waals surface area contributed by atoms with Gasteiger partial charge in [0.05, 0.1) is 0 Å². The molecule has 0 aromatic carbocycles. The minimum atomic E-state index is -0.571. The summed E-state index contributed by atoms with van der Waals surface area (Å²) in [5, 5.41) is 0. The molecule has 27 heavy (non-hydrogen) atoms. The van der Waals surface area contributed by atoms with E-state index in [4.69, 9.17) is 0 Å². The minimum absolute atomic E-state index is 0.571. The van der Waals surface area contributed by atoms with Crippen LogP contribution < -0.4 is 0 Å². The van der Waals surface area contributed by atoms with E-state index in [-0.39, 0.29) is 0 Å². The molecule has 0 heterocycles. The van der Waals surface area contributed by atoms with Crippen molar-refractivity contribution in [3.05, 3.63) is 41.0 Å². The molecule has 0 bridgehead atoms. The summed E-state index contributed by atoms with van der Waals surface area (Å²) >= 11 is -0.571. The Morgan fingerprint density at radius 1 is 0.630 bits per heavy atom. The zero-order chi connectivity index (χ0) is 19.5. The van der Waals surface area contributed by atoms with Gasteiger partial charge in [-0.15, -0.1) is 0 Å². The van der Waals surface area contributed by atoms with E-state index in [1.54, 1.807) is 11.1 Å². The van der Waals surface area contributed by atoms with Crippen molar-refractivity contribution in [3.63, 3.8) is 0 Å². The molecule has 0 aliphatic heterocycles. The van der Waals surface area contributed by atoms with E-state index < -0.39 is 23.2 Å². The van der Waals surface area contributed by atoms with Crippen molar-refractivity contribution >= 4 is 0 Å². The summed E-state index contributed by atoms with van der Waals surface area (Å²) in [6.45, 7) is 9.35. The van der Waals surface area contributed by atoms with E-state index in [2.05, 4.69) is 39.8 Å². The normalized spacial score (nSPS) is 17.0. The molecule has 0 atom stereocenters. The number of hydrogen-bond donors (Lipinski definition) is 0. The molecule has 1 heteroatoms. The quantitative estimate of drug-likeness (QED) is 0.234. The Morgan fingerprint density at radius 2 is 1.07 bits per heavy atom. The van der Waals surface area contributed by atoms with E-state index in [0.29, 0.717) is 0 Å². The molecule has 2 rings (SSSR count). The van der Waals surface area contributed by atoms with Gasteiger partial charge in [0.2, 0.25) is 0 Å². The van der Waals surface area contributed by atoms with Crippen molar-refractivity contribution in [2.75, 3.05) is 0 Å². The standard InChI is InChI=1S/2C13H21.Zr/c2*1-3-5-6-7-9-13-11-8-10-12(13)4-2;/h2*10H,3-9H2,1-2H3;. The zero-order valence-corrected chi connectivity index (χ0v) is 21.0. The molecule has 0 nitrogen and oxygen atoms in total. The Hall–Kier alpha value is -0.157. The van der Waals surface area contributed by atoms with E-state index in [1.165, 1.54) is 89.9 Å². The molecule has 0 amide bonds. The zero-order valence-electron chi connectivity index (χ0n) is 18.6. The molecule has 0 aromatic rings. The van der Waals surface area contributed by atoms with Crippen LogP contribution in [0.25, 0.3) is 0 Å². The van der Waals surface area contributed by atoms with E-state index in [0.717, 1.165) is 0 Å². The third-order valence-corrected chi connectivity index (χ3v) is 10.2. The first kappa shape index (κ1) is 23.1. The van der Waals surface area contributed by atoms with E-state index in [1.807, 2.05) is 17.7 Å². The van der Waals surface area contributed by atoms with Gasteiger partial charge in [-0.2, -0.15) is 0 Å². The maximum absolute atomic E-state index is 2.58. The Morgan fingerprint density at radius 3 is 1.44 bits per heavy atom. The molecule has 0 N–H and O–H groups in total. The van der Waals surface area contributed by atoms with Crippen LogP contribution in [-0.4, -0.2) is 0 Å². The third-order valence-electron chi connectivity index (χ3n) is 6.23. The van der Waals surface area contributed by atoms with Gasteiger partial charge >= 0.3 is 182 Å². The fourth-order valence-corrected chi connectivity index (χ4v) is 8.61. The Bertz CT molecular complexity index is 533. The molecule has 0 saturated heterocycles. The van der Waals surface area contributed by atoms with Crippen LogP contribution in [-0.2, 0) is 23.2 Å². The first-order chi connectivity index (χ1) is 13.2. The summed E-state index contributed by atoms with van der Waals surface area (Å²) in [6, 6.07) is 0. The number of rotatable bonds is 14. The van der Waals surface area contributed by atoms with Gasteiger partial charge in [0.25, 0.3) is 0 Å². The van der Waals surface area contributed by atoms with Gasteiger partial charge in [-0.1, -0.05) is 0 Å². The fourth-order valence-electron chi connectivity index (χ4n) is 4.56. The van der Waals surface area contributed by atoms with Crippen molar-refractivity contribution in [1.82, 2.24) is 0 Å². The third kappa shape index (κ3) is 6.99. The molecule has 2 aliphatic carbocycles. The number of allylic oxidation sites excluding steroid dienone is 8. The first-order valence-corrected chi connectivity index (χ1v) is 14.3. The van der Waals surface area contributed by atoms with Crippen LogP contribution in [0.5, 0.6) is 0 Å². The Kier molecular flexibility index (Phi) is 11.3. The predicted molar refractivity (Wildman–Crippen MR) is 118 cm³/mol. The molecular weight excluding hydrogens is 404 g/mol. The van der Waals surface area contributed by atoms with Gasteiger partial charge < -0.3 is 0 Å². The topological polar surface area (TPSA) is 0 Å². The van der Waals surface area contributed by atoms with Crippen LogP contribution >= 0.6 is 0 Å². The number of hydrogen-bond acceptors (Lipinski definition) is 0.